The zero-order valence-corrected chi connectivity index (χ0v) is 18.3. The van der Waals surface area contributed by atoms with E-state index in [1.165, 1.54) is 24.1 Å². The van der Waals surface area contributed by atoms with E-state index in [0.717, 1.165) is 35.9 Å². The van der Waals surface area contributed by atoms with Gasteiger partial charge in [-0.15, -0.1) is 0 Å². The van der Waals surface area contributed by atoms with Crippen LogP contribution in [0.4, 0.5) is 0 Å². The highest BCUT2D eigenvalue weighted by Gasteiger charge is 2.28. The lowest BCUT2D eigenvalue weighted by Gasteiger charge is -2.34. The number of halogens is 1. The predicted octanol–water partition coefficient (Wildman–Crippen LogP) is 4.34. The van der Waals surface area contributed by atoms with Crippen molar-refractivity contribution in [1.29, 1.82) is 5.26 Å². The minimum atomic E-state index is -0.167. The Morgan fingerprint density at radius 2 is 1.83 bits per heavy atom. The van der Waals surface area contributed by atoms with Crippen LogP contribution >= 0.6 is 11.6 Å². The van der Waals surface area contributed by atoms with E-state index in [0.29, 0.717) is 19.1 Å². The number of hydrogen-bond acceptors (Lipinski definition) is 3. The van der Waals surface area contributed by atoms with Crippen LogP contribution in [0.3, 0.4) is 0 Å². The fraction of sp³-hybridized carbons (Fsp3) is 0.417. The molecular formula is C24H27ClN4O. The third-order valence-corrected chi connectivity index (χ3v) is 6.32. The highest BCUT2D eigenvalue weighted by molar-refractivity contribution is 6.30. The number of piperazine rings is 1. The number of amides is 1. The van der Waals surface area contributed by atoms with Crippen molar-refractivity contribution in [1.82, 2.24) is 14.4 Å². The van der Waals surface area contributed by atoms with E-state index >= 15 is 0 Å². The molecule has 0 unspecified atom stereocenters. The normalized spacial score (nSPS) is 17.8. The van der Waals surface area contributed by atoms with Gasteiger partial charge in [0.05, 0.1) is 0 Å². The summed E-state index contributed by atoms with van der Waals surface area (Å²) in [7, 11) is 0. The lowest BCUT2D eigenvalue weighted by molar-refractivity contribution is -0.128. The van der Waals surface area contributed by atoms with Gasteiger partial charge in [0, 0.05) is 55.2 Å². The van der Waals surface area contributed by atoms with E-state index in [1.807, 2.05) is 24.3 Å². The maximum Gasteiger partial charge on any atom is 0.264 e. The first-order chi connectivity index (χ1) is 14.5. The van der Waals surface area contributed by atoms with Gasteiger partial charge in [-0.05, 0) is 62.1 Å². The average Bonchev–Trinajstić information content (AvgIpc) is 3.53. The molecule has 5 nitrogen and oxygen atoms in total. The van der Waals surface area contributed by atoms with Crippen LogP contribution in [0.1, 0.15) is 41.4 Å². The van der Waals surface area contributed by atoms with Crippen LogP contribution in [-0.2, 0) is 11.3 Å². The molecule has 1 amide bonds. The van der Waals surface area contributed by atoms with E-state index in [-0.39, 0.29) is 11.5 Å². The highest BCUT2D eigenvalue weighted by Crippen LogP contribution is 2.38. The molecule has 4 rings (SSSR count). The summed E-state index contributed by atoms with van der Waals surface area (Å²) in [6.07, 6.45) is 4.19. The van der Waals surface area contributed by atoms with Gasteiger partial charge >= 0.3 is 0 Å². The van der Waals surface area contributed by atoms with Gasteiger partial charge in [0.25, 0.3) is 5.91 Å². The first-order valence-electron chi connectivity index (χ1n) is 10.5. The summed E-state index contributed by atoms with van der Waals surface area (Å²) in [5.41, 5.74) is 4.75. The van der Waals surface area contributed by atoms with Gasteiger partial charge in [0.15, 0.2) is 0 Å². The van der Waals surface area contributed by atoms with Crippen LogP contribution in [0, 0.1) is 25.2 Å². The van der Waals surface area contributed by atoms with Crippen LogP contribution in [0.5, 0.6) is 0 Å². The summed E-state index contributed by atoms with van der Waals surface area (Å²) in [4.78, 5) is 17.1. The molecule has 2 fully saturated rings. The van der Waals surface area contributed by atoms with Crippen molar-refractivity contribution in [3.8, 4) is 6.07 Å². The minimum Gasteiger partial charge on any atom is -0.346 e. The van der Waals surface area contributed by atoms with Crippen LogP contribution in [-0.4, -0.2) is 46.5 Å². The lowest BCUT2D eigenvalue weighted by Crippen LogP contribution is -2.48. The second kappa shape index (κ2) is 8.67. The Bertz CT molecular complexity index is 1000. The van der Waals surface area contributed by atoms with Gasteiger partial charge in [0.1, 0.15) is 11.6 Å². The Kier molecular flexibility index (Phi) is 5.99. The summed E-state index contributed by atoms with van der Waals surface area (Å²) in [5.74, 6) is -0.167. The van der Waals surface area contributed by atoms with Crippen LogP contribution in [0.25, 0.3) is 6.08 Å². The van der Waals surface area contributed by atoms with Gasteiger partial charge in [-0.2, -0.15) is 5.26 Å². The van der Waals surface area contributed by atoms with E-state index < -0.39 is 0 Å². The quantitative estimate of drug-likeness (QED) is 0.531. The summed E-state index contributed by atoms with van der Waals surface area (Å²) < 4.78 is 2.33. The molecule has 0 radical (unpaired) electrons. The van der Waals surface area contributed by atoms with Crippen LogP contribution < -0.4 is 0 Å². The van der Waals surface area contributed by atoms with Gasteiger partial charge in [0.2, 0.25) is 0 Å². The Morgan fingerprint density at radius 1 is 1.17 bits per heavy atom. The van der Waals surface area contributed by atoms with Gasteiger partial charge in [-0.3, -0.25) is 9.69 Å². The standard InChI is InChI=1S/C24H27ClN4O/c1-17-13-20(18(2)29(17)23-7-8-23)14-21(15-26)24(30)28-11-9-27(10-12-28)16-19-3-5-22(25)6-4-19/h3-6,13-14,23H,7-12,16H2,1-2H3/b21-14+. The zero-order chi connectivity index (χ0) is 21.3. The monoisotopic (exact) mass is 422 g/mol. The molecule has 0 bridgehead atoms. The molecule has 6 heteroatoms. The molecule has 2 aromatic rings. The SMILES string of the molecule is Cc1cc(/C=C(\C#N)C(=O)N2CCN(Cc3ccc(Cl)cc3)CC2)c(C)n1C1CC1. The molecule has 2 heterocycles. The smallest absolute Gasteiger partial charge is 0.264 e. The Balaban J connectivity index is 1.40. The molecule has 30 heavy (non-hydrogen) atoms. The van der Waals surface area contributed by atoms with Crippen molar-refractivity contribution in [2.24, 2.45) is 0 Å². The Hall–Kier alpha value is -2.55. The molecule has 1 aromatic carbocycles. The van der Waals surface area contributed by atoms with Gasteiger partial charge in [-0.1, -0.05) is 23.7 Å². The number of nitrogens with zero attached hydrogens (tertiary/aromatic N) is 4. The Labute approximate surface area is 183 Å². The summed E-state index contributed by atoms with van der Waals surface area (Å²) in [5, 5.41) is 10.4. The number of nitriles is 1. The fourth-order valence-corrected chi connectivity index (χ4v) is 4.39. The van der Waals surface area contributed by atoms with Crippen molar-refractivity contribution in [2.75, 3.05) is 26.2 Å². The predicted molar refractivity (Wildman–Crippen MR) is 119 cm³/mol. The van der Waals surface area contributed by atoms with Crippen LogP contribution in [0.15, 0.2) is 35.9 Å². The number of carbonyl (C=O) groups excluding carboxylic acids is 1. The minimum absolute atomic E-state index is 0.167. The molecule has 1 saturated heterocycles. The number of aryl methyl sites for hydroxylation is 1. The molecule has 0 N–H and O–H groups in total. The number of carbonyl (C=O) groups is 1. The van der Waals surface area contributed by atoms with Gasteiger partial charge < -0.3 is 9.47 Å². The van der Waals surface area contributed by atoms with E-state index in [4.69, 9.17) is 11.6 Å². The van der Waals surface area contributed by atoms with Gasteiger partial charge in [-0.25, -0.2) is 0 Å². The molecule has 156 valence electrons. The van der Waals surface area contributed by atoms with Crippen LogP contribution in [0.2, 0.25) is 5.02 Å². The van der Waals surface area contributed by atoms with E-state index in [2.05, 4.69) is 35.5 Å². The number of hydrogen-bond donors (Lipinski definition) is 0. The maximum atomic E-state index is 13.0. The summed E-state index contributed by atoms with van der Waals surface area (Å²) in [6, 6.07) is 12.7. The molecule has 1 aliphatic heterocycles. The first-order valence-corrected chi connectivity index (χ1v) is 10.9. The summed E-state index contributed by atoms with van der Waals surface area (Å²) >= 11 is 5.96. The second-order valence-corrected chi connectivity index (χ2v) is 8.73. The maximum absolute atomic E-state index is 13.0. The number of benzene rings is 1. The number of aromatic nitrogens is 1. The second-order valence-electron chi connectivity index (χ2n) is 8.29. The van der Waals surface area contributed by atoms with Crippen molar-refractivity contribution in [2.45, 2.75) is 39.3 Å². The topological polar surface area (TPSA) is 52.3 Å². The van der Waals surface area contributed by atoms with Crippen molar-refractivity contribution in [3.63, 3.8) is 0 Å². The van der Waals surface area contributed by atoms with E-state index in [1.54, 1.807) is 11.0 Å². The Morgan fingerprint density at radius 3 is 2.43 bits per heavy atom. The molecule has 0 atom stereocenters. The molecule has 1 aliphatic carbocycles. The van der Waals surface area contributed by atoms with E-state index in [9.17, 15) is 10.1 Å². The molecule has 1 saturated carbocycles. The van der Waals surface area contributed by atoms with Crippen molar-refractivity contribution >= 4 is 23.6 Å². The fourth-order valence-electron chi connectivity index (χ4n) is 4.27. The first kappa shape index (κ1) is 20.7. The van der Waals surface area contributed by atoms with Crippen molar-refractivity contribution in [3.05, 3.63) is 63.4 Å². The molecule has 0 spiro atoms. The zero-order valence-electron chi connectivity index (χ0n) is 17.6. The summed E-state index contributed by atoms with van der Waals surface area (Å²) in [6.45, 7) is 7.86. The highest BCUT2D eigenvalue weighted by atomic mass is 35.5. The lowest BCUT2D eigenvalue weighted by atomic mass is 10.1. The van der Waals surface area contributed by atoms with Crippen molar-refractivity contribution < 1.29 is 4.79 Å². The molecule has 2 aliphatic rings. The third-order valence-electron chi connectivity index (χ3n) is 6.07. The average molecular weight is 423 g/mol. The molecular weight excluding hydrogens is 396 g/mol. The molecule has 1 aromatic heterocycles. The number of rotatable bonds is 5. The largest absolute Gasteiger partial charge is 0.346 e. The third kappa shape index (κ3) is 4.45.